The summed E-state index contributed by atoms with van der Waals surface area (Å²) in [6.45, 7) is 0. The minimum atomic E-state index is -0.462. The van der Waals surface area contributed by atoms with E-state index >= 15 is 0 Å². The van der Waals surface area contributed by atoms with Crippen molar-refractivity contribution in [2.75, 3.05) is 14.2 Å². The van der Waals surface area contributed by atoms with Crippen LogP contribution in [0.1, 0.15) is 11.8 Å². The molecule has 68 valence electrons. The molecule has 0 aliphatic rings. The highest BCUT2D eigenvalue weighted by Gasteiger charge is 2.20. The second kappa shape index (κ2) is 4.25. The van der Waals surface area contributed by atoms with Crippen LogP contribution in [-0.4, -0.2) is 20.5 Å². The molecule has 2 N–H and O–H groups in total. The Bertz CT molecular complexity index is 206. The van der Waals surface area contributed by atoms with Gasteiger partial charge in [-0.15, -0.1) is 0 Å². The highest BCUT2D eigenvalue weighted by Crippen LogP contribution is 2.16. The molecule has 0 saturated heterocycles. The van der Waals surface area contributed by atoms with Gasteiger partial charge in [-0.3, -0.25) is 0 Å². The molecular formula is C8H13NO3. The van der Waals surface area contributed by atoms with Crippen LogP contribution >= 0.6 is 0 Å². The maximum absolute atomic E-state index is 5.76. The molecule has 12 heavy (non-hydrogen) atoms. The minimum Gasteiger partial charge on any atom is -0.467 e. The lowest BCUT2D eigenvalue weighted by Crippen LogP contribution is -2.29. The molecule has 0 spiro atoms. The van der Waals surface area contributed by atoms with Crippen molar-refractivity contribution in [3.8, 4) is 0 Å². The fraction of sp³-hybridized carbons (Fsp3) is 0.500. The molecule has 4 nitrogen and oxygen atoms in total. The molecule has 1 aromatic heterocycles. The van der Waals surface area contributed by atoms with Gasteiger partial charge in [-0.1, -0.05) is 0 Å². The molecule has 0 aliphatic carbocycles. The van der Waals surface area contributed by atoms with Crippen LogP contribution in [0.3, 0.4) is 0 Å². The van der Waals surface area contributed by atoms with Gasteiger partial charge >= 0.3 is 0 Å². The topological polar surface area (TPSA) is 57.6 Å². The molecule has 0 aromatic carbocycles. The van der Waals surface area contributed by atoms with Crippen molar-refractivity contribution in [2.45, 2.75) is 12.3 Å². The fourth-order valence-corrected chi connectivity index (χ4v) is 1.00. The van der Waals surface area contributed by atoms with E-state index in [0.717, 1.165) is 0 Å². The van der Waals surface area contributed by atoms with Gasteiger partial charge in [0.05, 0.1) is 6.26 Å². The zero-order valence-electron chi connectivity index (χ0n) is 7.19. The normalized spacial score (nSPS) is 13.7. The molecule has 0 saturated carbocycles. The van der Waals surface area contributed by atoms with Crippen molar-refractivity contribution in [1.29, 1.82) is 0 Å². The first-order chi connectivity index (χ1) is 5.79. The predicted molar refractivity (Wildman–Crippen MR) is 43.4 cm³/mol. The number of furan rings is 1. The third-order valence-electron chi connectivity index (χ3n) is 1.63. The summed E-state index contributed by atoms with van der Waals surface area (Å²) in [5.74, 6) is 0.656. The van der Waals surface area contributed by atoms with Crippen molar-refractivity contribution >= 4 is 0 Å². The van der Waals surface area contributed by atoms with Crippen LogP contribution in [0.25, 0.3) is 0 Å². The van der Waals surface area contributed by atoms with E-state index in [2.05, 4.69) is 0 Å². The number of methoxy groups -OCH3 is 2. The van der Waals surface area contributed by atoms with E-state index in [-0.39, 0.29) is 6.04 Å². The molecule has 1 rings (SSSR count). The first-order valence-corrected chi connectivity index (χ1v) is 3.64. The van der Waals surface area contributed by atoms with E-state index in [9.17, 15) is 0 Å². The molecule has 0 radical (unpaired) electrons. The Kier molecular flexibility index (Phi) is 3.28. The van der Waals surface area contributed by atoms with E-state index in [1.807, 2.05) is 0 Å². The van der Waals surface area contributed by atoms with Crippen molar-refractivity contribution in [1.82, 2.24) is 0 Å². The monoisotopic (exact) mass is 171 g/mol. The average Bonchev–Trinajstić information content (AvgIpc) is 2.58. The Labute approximate surface area is 71.3 Å². The molecular weight excluding hydrogens is 158 g/mol. The van der Waals surface area contributed by atoms with Gasteiger partial charge in [-0.2, -0.15) is 0 Å². The smallest absolute Gasteiger partial charge is 0.179 e. The van der Waals surface area contributed by atoms with E-state index in [0.29, 0.717) is 5.76 Å². The predicted octanol–water partition coefficient (Wildman–Crippen LogP) is 0.898. The number of ether oxygens (including phenoxy) is 2. The summed E-state index contributed by atoms with van der Waals surface area (Å²) in [5.41, 5.74) is 5.76. The largest absolute Gasteiger partial charge is 0.467 e. The van der Waals surface area contributed by atoms with Gasteiger partial charge in [0.15, 0.2) is 6.29 Å². The summed E-state index contributed by atoms with van der Waals surface area (Å²) < 4.78 is 15.1. The summed E-state index contributed by atoms with van der Waals surface area (Å²) in [6, 6.07) is 3.18. The lowest BCUT2D eigenvalue weighted by atomic mass is 10.2. The van der Waals surface area contributed by atoms with E-state index < -0.39 is 6.29 Å². The highest BCUT2D eigenvalue weighted by molar-refractivity contribution is 5.04. The van der Waals surface area contributed by atoms with Crippen molar-refractivity contribution in [3.63, 3.8) is 0 Å². The van der Waals surface area contributed by atoms with E-state index in [1.54, 1.807) is 18.4 Å². The Balaban J connectivity index is 2.63. The average molecular weight is 171 g/mol. The first-order valence-electron chi connectivity index (χ1n) is 3.64. The SMILES string of the molecule is COC(OC)C(N)c1ccco1. The van der Waals surface area contributed by atoms with E-state index in [1.165, 1.54) is 14.2 Å². The van der Waals surface area contributed by atoms with Gasteiger partial charge in [-0.25, -0.2) is 0 Å². The lowest BCUT2D eigenvalue weighted by molar-refractivity contribution is -0.120. The Morgan fingerprint density at radius 1 is 1.42 bits per heavy atom. The molecule has 0 fully saturated rings. The summed E-state index contributed by atoms with van der Waals surface area (Å²) in [6.07, 6.45) is 1.11. The van der Waals surface area contributed by atoms with Crippen LogP contribution in [0.15, 0.2) is 22.8 Å². The van der Waals surface area contributed by atoms with Crippen LogP contribution in [0.4, 0.5) is 0 Å². The third kappa shape index (κ3) is 1.85. The van der Waals surface area contributed by atoms with Crippen LogP contribution in [-0.2, 0) is 9.47 Å². The summed E-state index contributed by atoms with van der Waals surface area (Å²) in [5, 5.41) is 0. The maximum Gasteiger partial charge on any atom is 0.179 e. The minimum absolute atomic E-state index is 0.380. The van der Waals surface area contributed by atoms with Crippen LogP contribution in [0.2, 0.25) is 0 Å². The molecule has 0 bridgehead atoms. The zero-order chi connectivity index (χ0) is 8.97. The van der Waals surface area contributed by atoms with Gasteiger partial charge in [0.2, 0.25) is 0 Å². The van der Waals surface area contributed by atoms with Crippen molar-refractivity contribution in [2.24, 2.45) is 5.73 Å². The second-order valence-corrected chi connectivity index (χ2v) is 2.38. The molecule has 1 atom stereocenters. The number of hydrogen-bond acceptors (Lipinski definition) is 4. The standard InChI is InChI=1S/C8H13NO3/c1-10-8(11-2)7(9)6-4-3-5-12-6/h3-5,7-8H,9H2,1-2H3. The van der Waals surface area contributed by atoms with Gasteiger partial charge in [-0.05, 0) is 12.1 Å². The summed E-state index contributed by atoms with van der Waals surface area (Å²) in [7, 11) is 3.08. The van der Waals surface area contributed by atoms with Gasteiger partial charge in [0, 0.05) is 14.2 Å². The lowest BCUT2D eigenvalue weighted by Gasteiger charge is -2.18. The summed E-state index contributed by atoms with van der Waals surface area (Å²) >= 11 is 0. The number of hydrogen-bond donors (Lipinski definition) is 1. The quantitative estimate of drug-likeness (QED) is 0.684. The Morgan fingerprint density at radius 3 is 2.50 bits per heavy atom. The van der Waals surface area contributed by atoms with Crippen molar-refractivity contribution in [3.05, 3.63) is 24.2 Å². The van der Waals surface area contributed by atoms with Gasteiger partial charge in [0.1, 0.15) is 11.8 Å². The number of rotatable bonds is 4. The van der Waals surface area contributed by atoms with Gasteiger partial charge < -0.3 is 19.6 Å². The van der Waals surface area contributed by atoms with Crippen molar-refractivity contribution < 1.29 is 13.9 Å². The molecule has 1 aromatic rings. The van der Waals surface area contributed by atoms with Crippen LogP contribution < -0.4 is 5.73 Å². The fourth-order valence-electron chi connectivity index (χ4n) is 1.00. The maximum atomic E-state index is 5.76. The number of nitrogens with two attached hydrogens (primary N) is 1. The highest BCUT2D eigenvalue weighted by atomic mass is 16.7. The third-order valence-corrected chi connectivity index (χ3v) is 1.63. The zero-order valence-corrected chi connectivity index (χ0v) is 7.19. The summed E-state index contributed by atoms with van der Waals surface area (Å²) in [4.78, 5) is 0. The molecule has 0 amide bonds. The molecule has 1 unspecified atom stereocenters. The van der Waals surface area contributed by atoms with Gasteiger partial charge in [0.25, 0.3) is 0 Å². The molecule has 4 heteroatoms. The molecule has 1 heterocycles. The van der Waals surface area contributed by atoms with E-state index in [4.69, 9.17) is 19.6 Å². The van der Waals surface area contributed by atoms with Crippen LogP contribution in [0.5, 0.6) is 0 Å². The molecule has 0 aliphatic heterocycles. The first kappa shape index (κ1) is 9.25. The van der Waals surface area contributed by atoms with Crippen LogP contribution in [0, 0.1) is 0 Å². The Morgan fingerprint density at radius 2 is 2.08 bits per heavy atom. The Hall–Kier alpha value is -0.840. The second-order valence-electron chi connectivity index (χ2n) is 2.38.